The highest BCUT2D eigenvalue weighted by molar-refractivity contribution is 5.93. The molecule has 1 heterocycles. The molecule has 2 aromatic carbocycles. The summed E-state index contributed by atoms with van der Waals surface area (Å²) in [5.41, 5.74) is 2.04. The number of hydrogen-bond acceptors (Lipinski definition) is 5. The molecule has 2 N–H and O–H groups in total. The van der Waals surface area contributed by atoms with Crippen LogP contribution in [0.2, 0.25) is 0 Å². The number of ether oxygens (including phenoxy) is 4. The average Bonchev–Trinajstić information content (AvgIpc) is 3.15. The summed E-state index contributed by atoms with van der Waals surface area (Å²) in [5, 5.41) is 6.57. The highest BCUT2D eigenvalue weighted by Gasteiger charge is 2.13. The van der Waals surface area contributed by atoms with Gasteiger partial charge in [-0.25, -0.2) is 0 Å². The Morgan fingerprint density at radius 3 is 2.74 bits per heavy atom. The number of rotatable bonds is 7. The predicted octanol–water partition coefficient (Wildman–Crippen LogP) is 3.05. The zero-order chi connectivity index (χ0) is 19.1. The molecular formula is C20H25N3O4. The molecule has 0 aliphatic carbocycles. The first-order chi connectivity index (χ1) is 13.2. The molecule has 3 rings (SSSR count). The first kappa shape index (κ1) is 18.7. The van der Waals surface area contributed by atoms with Gasteiger partial charge < -0.3 is 29.6 Å². The minimum absolute atomic E-state index is 0.291. The normalized spacial score (nSPS) is 12.6. The van der Waals surface area contributed by atoms with Crippen LogP contribution in [0.15, 0.2) is 41.4 Å². The molecule has 7 heteroatoms. The number of nitrogens with one attached hydrogen (secondary N) is 2. The van der Waals surface area contributed by atoms with Crippen molar-refractivity contribution in [3.8, 4) is 23.0 Å². The van der Waals surface area contributed by atoms with Gasteiger partial charge in [-0.2, -0.15) is 0 Å². The van der Waals surface area contributed by atoms with Gasteiger partial charge in [0.05, 0.1) is 13.7 Å². The molecule has 1 aliphatic heterocycles. The molecule has 0 spiro atoms. The monoisotopic (exact) mass is 371 g/mol. The molecule has 0 unspecified atom stereocenters. The van der Waals surface area contributed by atoms with Gasteiger partial charge in [-0.3, -0.25) is 4.99 Å². The number of aliphatic imine (C=N–C) groups is 1. The van der Waals surface area contributed by atoms with E-state index in [0.29, 0.717) is 30.9 Å². The third-order valence-corrected chi connectivity index (χ3v) is 4.09. The molecule has 144 valence electrons. The topological polar surface area (TPSA) is 73.3 Å². The Morgan fingerprint density at radius 2 is 1.96 bits per heavy atom. The Morgan fingerprint density at radius 1 is 1.11 bits per heavy atom. The van der Waals surface area contributed by atoms with Crippen molar-refractivity contribution in [2.24, 2.45) is 4.99 Å². The molecule has 0 atom stereocenters. The quantitative estimate of drug-likeness (QED) is 0.576. The van der Waals surface area contributed by atoms with Gasteiger partial charge in [0.1, 0.15) is 0 Å². The number of anilines is 1. The van der Waals surface area contributed by atoms with Crippen molar-refractivity contribution in [2.75, 3.05) is 39.4 Å². The van der Waals surface area contributed by atoms with E-state index in [0.717, 1.165) is 30.2 Å². The van der Waals surface area contributed by atoms with E-state index in [4.69, 9.17) is 18.9 Å². The van der Waals surface area contributed by atoms with E-state index < -0.39 is 0 Å². The lowest BCUT2D eigenvalue weighted by atomic mass is 10.1. The second-order valence-corrected chi connectivity index (χ2v) is 5.86. The van der Waals surface area contributed by atoms with Crippen LogP contribution in [-0.2, 0) is 6.42 Å². The van der Waals surface area contributed by atoms with E-state index in [1.54, 1.807) is 14.2 Å². The molecular weight excluding hydrogens is 346 g/mol. The summed E-state index contributed by atoms with van der Waals surface area (Å²) >= 11 is 0. The van der Waals surface area contributed by atoms with Crippen LogP contribution in [0.1, 0.15) is 12.5 Å². The van der Waals surface area contributed by atoms with Crippen LogP contribution < -0.4 is 29.6 Å². The van der Waals surface area contributed by atoms with Crippen molar-refractivity contribution in [1.82, 2.24) is 5.32 Å². The summed E-state index contributed by atoms with van der Waals surface area (Å²) in [5.74, 6) is 3.68. The number of guanidine groups is 1. The maximum atomic E-state index is 5.61. The second kappa shape index (κ2) is 9.02. The number of fused-ring (bicyclic) bond motifs is 1. The van der Waals surface area contributed by atoms with Crippen molar-refractivity contribution in [3.05, 3.63) is 42.0 Å². The smallest absolute Gasteiger partial charge is 0.231 e. The summed E-state index contributed by atoms with van der Waals surface area (Å²) in [7, 11) is 3.37. The van der Waals surface area contributed by atoms with Crippen LogP contribution in [0.5, 0.6) is 23.0 Å². The minimum atomic E-state index is 0.291. The first-order valence-electron chi connectivity index (χ1n) is 8.90. The molecule has 0 bridgehead atoms. The Kier molecular flexibility index (Phi) is 6.25. The highest BCUT2D eigenvalue weighted by atomic mass is 16.7. The third kappa shape index (κ3) is 4.75. The summed E-state index contributed by atoms with van der Waals surface area (Å²) in [6.07, 6.45) is 0.837. The lowest BCUT2D eigenvalue weighted by Gasteiger charge is -2.14. The molecule has 0 saturated carbocycles. The van der Waals surface area contributed by atoms with Crippen LogP contribution in [0.25, 0.3) is 0 Å². The second-order valence-electron chi connectivity index (χ2n) is 5.86. The molecule has 0 aromatic heterocycles. The molecule has 2 aromatic rings. The highest BCUT2D eigenvalue weighted by Crippen LogP contribution is 2.32. The Bertz CT molecular complexity index is 808. The summed E-state index contributed by atoms with van der Waals surface area (Å²) in [6.45, 7) is 3.53. The van der Waals surface area contributed by atoms with Gasteiger partial charge in [0.25, 0.3) is 0 Å². The SMILES string of the molecule is CCOc1cc(NC(=NC)NCCc2ccc3c(c2)OCO3)ccc1OC. The van der Waals surface area contributed by atoms with Gasteiger partial charge in [0.15, 0.2) is 29.0 Å². The Labute approximate surface area is 159 Å². The maximum absolute atomic E-state index is 5.61. The maximum Gasteiger partial charge on any atom is 0.231 e. The van der Waals surface area contributed by atoms with Gasteiger partial charge in [0.2, 0.25) is 6.79 Å². The average molecular weight is 371 g/mol. The fourth-order valence-electron chi connectivity index (χ4n) is 2.76. The fourth-order valence-corrected chi connectivity index (χ4v) is 2.76. The fraction of sp³-hybridized carbons (Fsp3) is 0.350. The van der Waals surface area contributed by atoms with Crippen LogP contribution in [-0.4, -0.2) is 40.1 Å². The standard InChI is InChI=1S/C20H25N3O4/c1-4-25-19-12-15(6-8-16(19)24-3)23-20(21-2)22-10-9-14-5-7-17-18(11-14)27-13-26-17/h5-8,11-12H,4,9-10,13H2,1-3H3,(H2,21,22,23). The van der Waals surface area contributed by atoms with Crippen molar-refractivity contribution in [3.63, 3.8) is 0 Å². The third-order valence-electron chi connectivity index (χ3n) is 4.09. The molecule has 0 amide bonds. The number of methoxy groups -OCH3 is 1. The van der Waals surface area contributed by atoms with Crippen molar-refractivity contribution < 1.29 is 18.9 Å². The zero-order valence-electron chi connectivity index (χ0n) is 15.9. The van der Waals surface area contributed by atoms with Gasteiger partial charge in [-0.05, 0) is 43.2 Å². The summed E-state index contributed by atoms with van der Waals surface area (Å²) in [4.78, 5) is 4.27. The largest absolute Gasteiger partial charge is 0.493 e. The molecule has 1 aliphatic rings. The Balaban J connectivity index is 1.56. The number of benzene rings is 2. The number of hydrogen-bond donors (Lipinski definition) is 2. The summed E-state index contributed by atoms with van der Waals surface area (Å²) < 4.78 is 21.7. The van der Waals surface area contributed by atoms with Crippen molar-refractivity contribution in [2.45, 2.75) is 13.3 Å². The van der Waals surface area contributed by atoms with Crippen LogP contribution in [0.3, 0.4) is 0 Å². The zero-order valence-corrected chi connectivity index (χ0v) is 15.9. The van der Waals surface area contributed by atoms with Crippen LogP contribution in [0.4, 0.5) is 5.69 Å². The minimum Gasteiger partial charge on any atom is -0.493 e. The Hall–Kier alpha value is -3.09. The molecule has 0 radical (unpaired) electrons. The first-order valence-corrected chi connectivity index (χ1v) is 8.90. The molecule has 7 nitrogen and oxygen atoms in total. The van der Waals surface area contributed by atoms with E-state index in [9.17, 15) is 0 Å². The lowest BCUT2D eigenvalue weighted by molar-refractivity contribution is 0.174. The molecule has 0 fully saturated rings. The molecule has 27 heavy (non-hydrogen) atoms. The van der Waals surface area contributed by atoms with Crippen molar-refractivity contribution >= 4 is 11.6 Å². The van der Waals surface area contributed by atoms with Crippen molar-refractivity contribution in [1.29, 1.82) is 0 Å². The predicted molar refractivity (Wildman–Crippen MR) is 105 cm³/mol. The van der Waals surface area contributed by atoms with Gasteiger partial charge >= 0.3 is 0 Å². The van der Waals surface area contributed by atoms with E-state index >= 15 is 0 Å². The van der Waals surface area contributed by atoms with Crippen LogP contribution >= 0.6 is 0 Å². The lowest BCUT2D eigenvalue weighted by Crippen LogP contribution is -2.32. The summed E-state index contributed by atoms with van der Waals surface area (Å²) in [6, 6.07) is 11.7. The number of nitrogens with zero attached hydrogens (tertiary/aromatic N) is 1. The van der Waals surface area contributed by atoms with Gasteiger partial charge in [-0.1, -0.05) is 6.07 Å². The van der Waals surface area contributed by atoms with E-state index in [2.05, 4.69) is 15.6 Å². The molecule has 0 saturated heterocycles. The van der Waals surface area contributed by atoms with E-state index in [-0.39, 0.29) is 0 Å². The van der Waals surface area contributed by atoms with E-state index in [1.807, 2.05) is 43.3 Å². The van der Waals surface area contributed by atoms with E-state index in [1.165, 1.54) is 5.56 Å². The van der Waals surface area contributed by atoms with Crippen LogP contribution in [0, 0.1) is 0 Å². The van der Waals surface area contributed by atoms with Gasteiger partial charge in [0, 0.05) is 25.3 Å². The van der Waals surface area contributed by atoms with Gasteiger partial charge in [-0.15, -0.1) is 0 Å².